The van der Waals surface area contributed by atoms with Crippen molar-refractivity contribution in [2.24, 2.45) is 0 Å². The van der Waals surface area contributed by atoms with Crippen molar-refractivity contribution in [3.63, 3.8) is 0 Å². The first-order chi connectivity index (χ1) is 29.8. The lowest BCUT2D eigenvalue weighted by molar-refractivity contribution is 1.18. The maximum atomic E-state index is 5.15. The van der Waals surface area contributed by atoms with Gasteiger partial charge in [0.15, 0.2) is 0 Å². The van der Waals surface area contributed by atoms with E-state index >= 15 is 0 Å². The zero-order chi connectivity index (χ0) is 39.6. The van der Waals surface area contributed by atoms with Crippen molar-refractivity contribution in [1.29, 1.82) is 0 Å². The normalized spacial score (nSPS) is 11.7. The molecule has 12 aromatic rings. The SMILES string of the molecule is c1ccc(-c2ccccc2-n2c3ccccc3c3cc(-c4ccc5c(c4)c4ccccc4n5-c4ccc(-c5nc6ccccc6nc5-c5ccccc5)cc4)ccc32)cc1. The van der Waals surface area contributed by atoms with Crippen molar-refractivity contribution >= 4 is 54.6 Å². The van der Waals surface area contributed by atoms with E-state index in [0.29, 0.717) is 0 Å². The first kappa shape index (κ1) is 34.0. The first-order valence-electron chi connectivity index (χ1n) is 20.4. The molecule has 0 atom stereocenters. The molecule has 0 saturated carbocycles. The minimum Gasteiger partial charge on any atom is -0.309 e. The van der Waals surface area contributed by atoms with Crippen LogP contribution in [-0.4, -0.2) is 19.1 Å². The summed E-state index contributed by atoms with van der Waals surface area (Å²) in [5.41, 5.74) is 17.4. The third-order valence-electron chi connectivity index (χ3n) is 11.9. The molecule has 0 radical (unpaired) electrons. The van der Waals surface area contributed by atoms with E-state index in [1.165, 1.54) is 71.6 Å². The van der Waals surface area contributed by atoms with Gasteiger partial charge < -0.3 is 9.13 Å². The number of aromatic nitrogens is 4. The number of fused-ring (bicyclic) bond motifs is 7. The standard InChI is InChI=1S/C56H36N4/c1-3-15-37(16-4-1)43-19-7-12-24-50(43)60-52-26-14-9-21-45(52)47-36-41(30-34-54(47)60)40-29-33-53-46(35-40)44-20-8-13-25-51(44)59(53)42-31-27-39(28-32-42)56-55(38-17-5-2-6-18-38)57-48-22-10-11-23-49(48)58-56/h1-36H. The summed E-state index contributed by atoms with van der Waals surface area (Å²) in [7, 11) is 0. The second-order valence-corrected chi connectivity index (χ2v) is 15.4. The predicted octanol–water partition coefficient (Wildman–Crippen LogP) is 14.5. The molecule has 0 bridgehead atoms. The Bertz CT molecular complexity index is 3580. The molecule has 3 aromatic heterocycles. The summed E-state index contributed by atoms with van der Waals surface area (Å²) in [4.78, 5) is 10.3. The van der Waals surface area contributed by atoms with Gasteiger partial charge in [-0.25, -0.2) is 9.97 Å². The van der Waals surface area contributed by atoms with Gasteiger partial charge in [0.05, 0.1) is 50.2 Å². The van der Waals surface area contributed by atoms with E-state index in [-0.39, 0.29) is 0 Å². The van der Waals surface area contributed by atoms with Crippen molar-refractivity contribution in [1.82, 2.24) is 19.1 Å². The molecule has 0 aliphatic heterocycles. The van der Waals surface area contributed by atoms with Crippen LogP contribution in [0.25, 0.3) is 111 Å². The highest BCUT2D eigenvalue weighted by molar-refractivity contribution is 6.13. The minimum atomic E-state index is 0.874. The van der Waals surface area contributed by atoms with Gasteiger partial charge in [-0.2, -0.15) is 0 Å². The summed E-state index contributed by atoms with van der Waals surface area (Å²) in [6, 6.07) is 78.0. The lowest BCUT2D eigenvalue weighted by Crippen LogP contribution is -1.97. The number of benzene rings is 9. The zero-order valence-corrected chi connectivity index (χ0v) is 32.6. The third-order valence-corrected chi connectivity index (χ3v) is 11.9. The first-order valence-corrected chi connectivity index (χ1v) is 20.4. The third kappa shape index (κ3) is 5.46. The quantitative estimate of drug-likeness (QED) is 0.169. The molecule has 0 aliphatic carbocycles. The highest BCUT2D eigenvalue weighted by Gasteiger charge is 2.19. The van der Waals surface area contributed by atoms with Crippen LogP contribution >= 0.6 is 0 Å². The van der Waals surface area contributed by atoms with Gasteiger partial charge in [0.1, 0.15) is 0 Å². The van der Waals surface area contributed by atoms with Crippen molar-refractivity contribution in [3.8, 4) is 56.1 Å². The van der Waals surface area contributed by atoms with Gasteiger partial charge in [-0.1, -0.05) is 152 Å². The molecule has 9 aromatic carbocycles. The highest BCUT2D eigenvalue weighted by atomic mass is 15.0. The summed E-state index contributed by atoms with van der Waals surface area (Å²) in [6.07, 6.45) is 0. The number of nitrogens with zero attached hydrogens (tertiary/aromatic N) is 4. The number of para-hydroxylation sites is 5. The van der Waals surface area contributed by atoms with Crippen LogP contribution in [0.1, 0.15) is 0 Å². The lowest BCUT2D eigenvalue weighted by Gasteiger charge is -2.14. The predicted molar refractivity (Wildman–Crippen MR) is 250 cm³/mol. The molecule has 12 rings (SSSR count). The topological polar surface area (TPSA) is 35.6 Å². The Labute approximate surface area is 346 Å². The molecule has 0 N–H and O–H groups in total. The summed E-state index contributed by atoms with van der Waals surface area (Å²) < 4.78 is 4.80. The van der Waals surface area contributed by atoms with Gasteiger partial charge in [0, 0.05) is 43.9 Å². The van der Waals surface area contributed by atoms with Crippen LogP contribution in [0.3, 0.4) is 0 Å². The van der Waals surface area contributed by atoms with Gasteiger partial charge >= 0.3 is 0 Å². The minimum absolute atomic E-state index is 0.874. The van der Waals surface area contributed by atoms with Crippen LogP contribution in [0.4, 0.5) is 0 Å². The fourth-order valence-corrected chi connectivity index (χ4v) is 9.14. The van der Waals surface area contributed by atoms with Gasteiger partial charge in [0.2, 0.25) is 0 Å². The van der Waals surface area contributed by atoms with Gasteiger partial charge in [-0.3, -0.25) is 0 Å². The maximum Gasteiger partial charge on any atom is 0.0973 e. The summed E-state index contributed by atoms with van der Waals surface area (Å²) in [5.74, 6) is 0. The molecule has 0 spiro atoms. The van der Waals surface area contributed by atoms with Crippen molar-refractivity contribution < 1.29 is 0 Å². The Morgan fingerprint density at radius 2 is 0.717 bits per heavy atom. The molecule has 60 heavy (non-hydrogen) atoms. The van der Waals surface area contributed by atoms with E-state index in [9.17, 15) is 0 Å². The zero-order valence-electron chi connectivity index (χ0n) is 32.6. The van der Waals surface area contributed by atoms with E-state index in [1.54, 1.807) is 0 Å². The molecule has 4 heteroatoms. The number of hydrogen-bond acceptors (Lipinski definition) is 2. The summed E-state index contributed by atoms with van der Waals surface area (Å²) in [5, 5.41) is 4.92. The summed E-state index contributed by atoms with van der Waals surface area (Å²) >= 11 is 0. The van der Waals surface area contributed by atoms with E-state index in [0.717, 1.165) is 39.2 Å². The van der Waals surface area contributed by atoms with Crippen LogP contribution < -0.4 is 0 Å². The van der Waals surface area contributed by atoms with Gasteiger partial charge in [-0.15, -0.1) is 0 Å². The van der Waals surface area contributed by atoms with Crippen molar-refractivity contribution in [2.75, 3.05) is 0 Å². The molecular formula is C56H36N4. The van der Waals surface area contributed by atoms with Crippen molar-refractivity contribution in [3.05, 3.63) is 218 Å². The number of hydrogen-bond donors (Lipinski definition) is 0. The van der Waals surface area contributed by atoms with Crippen LogP contribution in [0.15, 0.2) is 218 Å². The van der Waals surface area contributed by atoms with Crippen molar-refractivity contribution in [2.45, 2.75) is 0 Å². The molecule has 280 valence electrons. The highest BCUT2D eigenvalue weighted by Crippen LogP contribution is 2.40. The molecule has 3 heterocycles. The fourth-order valence-electron chi connectivity index (χ4n) is 9.14. The Morgan fingerprint density at radius 1 is 0.283 bits per heavy atom. The Hall–Kier alpha value is -8.08. The van der Waals surface area contributed by atoms with Crippen LogP contribution in [0.2, 0.25) is 0 Å². The Morgan fingerprint density at radius 3 is 1.33 bits per heavy atom. The molecule has 0 fully saturated rings. The molecule has 0 aliphatic rings. The van der Waals surface area contributed by atoms with E-state index in [4.69, 9.17) is 9.97 Å². The van der Waals surface area contributed by atoms with Crippen LogP contribution in [0, 0.1) is 0 Å². The fraction of sp³-hybridized carbons (Fsp3) is 0. The summed E-state index contributed by atoms with van der Waals surface area (Å²) in [6.45, 7) is 0. The van der Waals surface area contributed by atoms with Gasteiger partial charge in [-0.05, 0) is 83.4 Å². The molecule has 0 saturated heterocycles. The average Bonchev–Trinajstić information content (AvgIpc) is 3.84. The smallest absolute Gasteiger partial charge is 0.0973 e. The Balaban J connectivity index is 0.971. The second kappa shape index (κ2) is 13.8. The monoisotopic (exact) mass is 764 g/mol. The average molecular weight is 765 g/mol. The van der Waals surface area contributed by atoms with E-state index < -0.39 is 0 Å². The van der Waals surface area contributed by atoms with E-state index in [2.05, 4.69) is 197 Å². The van der Waals surface area contributed by atoms with E-state index in [1.807, 2.05) is 30.3 Å². The molecular weight excluding hydrogens is 729 g/mol. The molecule has 0 amide bonds. The van der Waals surface area contributed by atoms with Gasteiger partial charge in [0.25, 0.3) is 0 Å². The molecule has 4 nitrogen and oxygen atoms in total. The van der Waals surface area contributed by atoms with Crippen LogP contribution in [0.5, 0.6) is 0 Å². The molecule has 0 unspecified atom stereocenters. The van der Waals surface area contributed by atoms with Crippen LogP contribution in [-0.2, 0) is 0 Å². The Kier molecular flexibility index (Phi) is 7.82. The largest absolute Gasteiger partial charge is 0.309 e. The lowest BCUT2D eigenvalue weighted by atomic mass is 10.0. The maximum absolute atomic E-state index is 5.15. The number of rotatable bonds is 6. The second-order valence-electron chi connectivity index (χ2n) is 15.4.